The third kappa shape index (κ3) is 6.40. The van der Waals surface area contributed by atoms with E-state index in [2.05, 4.69) is 10.2 Å². The van der Waals surface area contributed by atoms with Crippen molar-refractivity contribution < 1.29 is 9.59 Å². The number of nitrogens with one attached hydrogen (secondary N) is 1. The molecule has 0 heterocycles. The Kier molecular flexibility index (Phi) is 7.75. The van der Waals surface area contributed by atoms with E-state index in [9.17, 15) is 9.59 Å². The SMILES string of the molecule is CC(=O)N(CCC(=O)NCCCN(C)C)c1cccc(C)c1C. The van der Waals surface area contributed by atoms with Crippen molar-refractivity contribution in [3.8, 4) is 0 Å². The molecule has 0 aliphatic rings. The lowest BCUT2D eigenvalue weighted by Gasteiger charge is -2.23. The van der Waals surface area contributed by atoms with Crippen molar-refractivity contribution in [1.82, 2.24) is 10.2 Å². The largest absolute Gasteiger partial charge is 0.356 e. The molecule has 1 N–H and O–H groups in total. The predicted molar refractivity (Wildman–Crippen MR) is 94.7 cm³/mol. The fraction of sp³-hybridized carbons (Fsp3) is 0.556. The minimum absolute atomic E-state index is 0.0136. The summed E-state index contributed by atoms with van der Waals surface area (Å²) in [5.74, 6) is -0.0561. The van der Waals surface area contributed by atoms with Gasteiger partial charge in [-0.2, -0.15) is 0 Å². The van der Waals surface area contributed by atoms with Crippen molar-refractivity contribution in [2.45, 2.75) is 33.6 Å². The van der Waals surface area contributed by atoms with Crippen LogP contribution < -0.4 is 10.2 Å². The fourth-order valence-corrected chi connectivity index (χ4v) is 2.40. The number of hydrogen-bond acceptors (Lipinski definition) is 3. The summed E-state index contributed by atoms with van der Waals surface area (Å²) < 4.78 is 0. The van der Waals surface area contributed by atoms with E-state index in [1.807, 2.05) is 46.1 Å². The lowest BCUT2D eigenvalue weighted by molar-refractivity contribution is -0.121. The molecule has 1 rings (SSSR count). The highest BCUT2D eigenvalue weighted by Crippen LogP contribution is 2.23. The van der Waals surface area contributed by atoms with Crippen LogP contribution in [0, 0.1) is 13.8 Å². The molecule has 0 radical (unpaired) electrons. The summed E-state index contributed by atoms with van der Waals surface area (Å²) in [6.45, 7) is 7.58. The van der Waals surface area contributed by atoms with Crippen molar-refractivity contribution >= 4 is 17.5 Å². The smallest absolute Gasteiger partial charge is 0.223 e. The van der Waals surface area contributed by atoms with Gasteiger partial charge in [0, 0.05) is 32.1 Å². The first-order valence-corrected chi connectivity index (χ1v) is 8.08. The lowest BCUT2D eigenvalue weighted by atomic mass is 10.1. The molecule has 0 atom stereocenters. The molecular weight excluding hydrogens is 290 g/mol. The maximum absolute atomic E-state index is 11.9. The second-order valence-corrected chi connectivity index (χ2v) is 6.15. The van der Waals surface area contributed by atoms with Gasteiger partial charge in [0.2, 0.25) is 11.8 Å². The molecule has 1 aromatic rings. The summed E-state index contributed by atoms with van der Waals surface area (Å²) in [5, 5.41) is 2.91. The second kappa shape index (κ2) is 9.30. The summed E-state index contributed by atoms with van der Waals surface area (Å²) in [4.78, 5) is 27.6. The molecule has 0 unspecified atom stereocenters. The minimum Gasteiger partial charge on any atom is -0.356 e. The van der Waals surface area contributed by atoms with E-state index in [1.54, 1.807) is 4.90 Å². The van der Waals surface area contributed by atoms with Crippen LogP contribution in [0.2, 0.25) is 0 Å². The van der Waals surface area contributed by atoms with E-state index in [4.69, 9.17) is 0 Å². The lowest BCUT2D eigenvalue weighted by Crippen LogP contribution is -2.35. The molecule has 0 aliphatic heterocycles. The van der Waals surface area contributed by atoms with Gasteiger partial charge < -0.3 is 15.1 Å². The van der Waals surface area contributed by atoms with Gasteiger partial charge in [-0.05, 0) is 58.1 Å². The molecule has 5 nitrogen and oxygen atoms in total. The molecule has 0 saturated heterocycles. The Morgan fingerprint density at radius 2 is 1.83 bits per heavy atom. The van der Waals surface area contributed by atoms with Crippen LogP contribution in [0.5, 0.6) is 0 Å². The first kappa shape index (κ1) is 19.2. The summed E-state index contributed by atoms with van der Waals surface area (Å²) in [6.07, 6.45) is 1.24. The van der Waals surface area contributed by atoms with Gasteiger partial charge in [0.25, 0.3) is 0 Å². The van der Waals surface area contributed by atoms with E-state index in [0.29, 0.717) is 19.5 Å². The van der Waals surface area contributed by atoms with Crippen LogP contribution in [0.3, 0.4) is 0 Å². The van der Waals surface area contributed by atoms with E-state index in [-0.39, 0.29) is 11.8 Å². The van der Waals surface area contributed by atoms with Gasteiger partial charge in [-0.3, -0.25) is 9.59 Å². The van der Waals surface area contributed by atoms with Crippen molar-refractivity contribution in [2.24, 2.45) is 0 Å². The maximum atomic E-state index is 11.9. The zero-order chi connectivity index (χ0) is 17.4. The molecule has 0 aromatic heterocycles. The Bertz CT molecular complexity index is 541. The van der Waals surface area contributed by atoms with Crippen LogP contribution in [-0.2, 0) is 9.59 Å². The first-order chi connectivity index (χ1) is 10.8. The highest BCUT2D eigenvalue weighted by Gasteiger charge is 2.15. The van der Waals surface area contributed by atoms with Crippen LogP contribution in [0.1, 0.15) is 30.9 Å². The summed E-state index contributed by atoms with van der Waals surface area (Å²) in [5.41, 5.74) is 3.11. The highest BCUT2D eigenvalue weighted by atomic mass is 16.2. The number of rotatable bonds is 8. The van der Waals surface area contributed by atoms with Gasteiger partial charge in [-0.25, -0.2) is 0 Å². The Hall–Kier alpha value is -1.88. The van der Waals surface area contributed by atoms with Crippen molar-refractivity contribution in [1.29, 1.82) is 0 Å². The van der Waals surface area contributed by atoms with Crippen LogP contribution in [0.25, 0.3) is 0 Å². The number of carbonyl (C=O) groups is 2. The number of nitrogens with zero attached hydrogens (tertiary/aromatic N) is 2. The average Bonchev–Trinajstić information content (AvgIpc) is 2.47. The van der Waals surface area contributed by atoms with Crippen molar-refractivity contribution in [3.05, 3.63) is 29.3 Å². The second-order valence-electron chi connectivity index (χ2n) is 6.15. The highest BCUT2D eigenvalue weighted by molar-refractivity contribution is 5.93. The molecule has 0 saturated carbocycles. The summed E-state index contributed by atoms with van der Waals surface area (Å²) in [7, 11) is 4.02. The Labute approximate surface area is 139 Å². The predicted octanol–water partition coefficient (Wildman–Crippen LogP) is 2.11. The third-order valence-electron chi connectivity index (χ3n) is 3.91. The average molecular weight is 319 g/mol. The van der Waals surface area contributed by atoms with Gasteiger partial charge in [0.1, 0.15) is 0 Å². The molecule has 0 aliphatic carbocycles. The van der Waals surface area contributed by atoms with E-state index >= 15 is 0 Å². The fourth-order valence-electron chi connectivity index (χ4n) is 2.40. The van der Waals surface area contributed by atoms with Gasteiger partial charge in [-0.1, -0.05) is 12.1 Å². The summed E-state index contributed by atoms with van der Waals surface area (Å²) in [6, 6.07) is 5.89. The van der Waals surface area contributed by atoms with Gasteiger partial charge in [0.05, 0.1) is 0 Å². The van der Waals surface area contributed by atoms with Crippen LogP contribution in [0.4, 0.5) is 5.69 Å². The zero-order valence-electron chi connectivity index (χ0n) is 15.0. The molecule has 0 fully saturated rings. The van der Waals surface area contributed by atoms with E-state index < -0.39 is 0 Å². The Balaban J connectivity index is 2.56. The Morgan fingerprint density at radius 3 is 2.43 bits per heavy atom. The van der Waals surface area contributed by atoms with Crippen LogP contribution in [-0.4, -0.2) is 50.4 Å². The number of amides is 2. The van der Waals surface area contributed by atoms with Gasteiger partial charge in [-0.15, -0.1) is 0 Å². The minimum atomic E-state index is -0.0425. The quantitative estimate of drug-likeness (QED) is 0.747. The van der Waals surface area contributed by atoms with Crippen LogP contribution >= 0.6 is 0 Å². The number of benzene rings is 1. The standard InChI is InChI=1S/C18H29N3O2/c1-14-8-6-9-17(15(14)2)21(16(3)22)13-10-18(23)19-11-7-12-20(4)5/h6,8-9H,7,10-13H2,1-5H3,(H,19,23). The molecule has 2 amide bonds. The Morgan fingerprint density at radius 1 is 1.13 bits per heavy atom. The first-order valence-electron chi connectivity index (χ1n) is 8.08. The number of anilines is 1. The van der Waals surface area contributed by atoms with Crippen molar-refractivity contribution in [3.63, 3.8) is 0 Å². The van der Waals surface area contributed by atoms with Crippen molar-refractivity contribution in [2.75, 3.05) is 38.6 Å². The summed E-state index contributed by atoms with van der Waals surface area (Å²) >= 11 is 0. The molecule has 5 heteroatoms. The van der Waals surface area contributed by atoms with E-state index in [1.165, 1.54) is 6.92 Å². The van der Waals surface area contributed by atoms with Gasteiger partial charge >= 0.3 is 0 Å². The molecule has 1 aromatic carbocycles. The molecular formula is C18H29N3O2. The molecule has 23 heavy (non-hydrogen) atoms. The molecule has 0 bridgehead atoms. The number of hydrogen-bond donors (Lipinski definition) is 1. The third-order valence-corrected chi connectivity index (χ3v) is 3.91. The molecule has 0 spiro atoms. The van der Waals surface area contributed by atoms with E-state index in [0.717, 1.165) is 29.8 Å². The van der Waals surface area contributed by atoms with Gasteiger partial charge in [0.15, 0.2) is 0 Å². The molecule has 128 valence electrons. The monoisotopic (exact) mass is 319 g/mol. The normalized spacial score (nSPS) is 10.7. The number of aryl methyl sites for hydroxylation is 1. The van der Waals surface area contributed by atoms with Crippen LogP contribution in [0.15, 0.2) is 18.2 Å². The number of carbonyl (C=O) groups excluding carboxylic acids is 2. The zero-order valence-corrected chi connectivity index (χ0v) is 15.0. The maximum Gasteiger partial charge on any atom is 0.223 e. The topological polar surface area (TPSA) is 52.7 Å².